The van der Waals surface area contributed by atoms with Gasteiger partial charge in [-0.25, -0.2) is 0 Å². The maximum absolute atomic E-state index is 10.8. The zero-order chi connectivity index (χ0) is 15.8. The van der Waals surface area contributed by atoms with Gasteiger partial charge in [-0.15, -0.1) is 45.3 Å². The number of hydrogen-bond acceptors (Lipinski definition) is 5. The highest BCUT2D eigenvalue weighted by atomic mass is 127. The Bertz CT molecular complexity index is 972. The molecule has 0 saturated heterocycles. The minimum absolute atomic E-state index is 0.778. The lowest BCUT2D eigenvalue weighted by Crippen LogP contribution is -1.62. The van der Waals surface area contributed by atoms with Gasteiger partial charge in [0.2, 0.25) is 0 Å². The molecule has 0 spiro atoms. The van der Waals surface area contributed by atoms with Crippen LogP contribution in [0.2, 0.25) is 0 Å². The molecule has 4 aromatic rings. The molecule has 0 unspecified atom stereocenters. The number of carbonyl (C=O) groups excluding carboxylic acids is 1. The fourth-order valence-electron chi connectivity index (χ4n) is 2.20. The molecule has 0 N–H and O–H groups in total. The van der Waals surface area contributed by atoms with Gasteiger partial charge < -0.3 is 0 Å². The second-order valence-corrected chi connectivity index (χ2v) is 11.0. The lowest BCUT2D eigenvalue weighted by molar-refractivity contribution is 0.112. The molecule has 0 amide bonds. The summed E-state index contributed by atoms with van der Waals surface area (Å²) < 4.78 is 1.31. The van der Waals surface area contributed by atoms with Crippen LogP contribution in [-0.2, 0) is 0 Å². The Labute approximate surface area is 163 Å². The Hall–Kier alpha value is -0.800. The zero-order valence-electron chi connectivity index (χ0n) is 11.6. The Balaban J connectivity index is 1.64. The van der Waals surface area contributed by atoms with Crippen molar-refractivity contribution in [2.24, 2.45) is 0 Å². The molecule has 0 aliphatic rings. The largest absolute Gasteiger partial charge is 0.297 e. The number of halogens is 1. The van der Waals surface area contributed by atoms with Gasteiger partial charge in [0.25, 0.3) is 0 Å². The molecule has 0 fully saturated rings. The fourth-order valence-corrected chi connectivity index (χ4v) is 6.93. The van der Waals surface area contributed by atoms with Gasteiger partial charge in [0.15, 0.2) is 6.29 Å². The molecule has 114 valence electrons. The van der Waals surface area contributed by atoms with Gasteiger partial charge >= 0.3 is 0 Å². The minimum atomic E-state index is 0.778. The summed E-state index contributed by atoms with van der Waals surface area (Å²) in [6, 6.07) is 17.0. The first-order valence-corrected chi connectivity index (χ1v) is 11.1. The van der Waals surface area contributed by atoms with Gasteiger partial charge in [-0.3, -0.25) is 4.79 Å². The molecule has 0 atom stereocenters. The molecule has 23 heavy (non-hydrogen) atoms. The van der Waals surface area contributed by atoms with E-state index in [2.05, 4.69) is 59.0 Å². The molecule has 0 radical (unpaired) electrons. The lowest BCUT2D eigenvalue weighted by atomic mass is 10.3. The van der Waals surface area contributed by atoms with E-state index in [4.69, 9.17) is 0 Å². The van der Waals surface area contributed by atoms with E-state index in [0.717, 1.165) is 16.0 Å². The molecule has 6 heteroatoms. The first kappa shape index (κ1) is 15.7. The standard InChI is InChI=1S/C17H9IOS4/c18-17-8-7-16(23-17)15-6-5-14(22-15)13-4-3-12(21-13)11-2-1-10(9-19)20-11/h1-9H. The SMILES string of the molecule is O=Cc1ccc(-c2ccc(-c3ccc(-c4ccc(I)s4)s3)s2)s1. The average Bonchev–Trinajstić information content (AvgIpc) is 3.32. The monoisotopic (exact) mass is 484 g/mol. The molecule has 0 aliphatic heterocycles. The molecule has 0 bridgehead atoms. The topological polar surface area (TPSA) is 17.1 Å². The van der Waals surface area contributed by atoms with E-state index >= 15 is 0 Å². The smallest absolute Gasteiger partial charge is 0.160 e. The number of carbonyl (C=O) groups is 1. The van der Waals surface area contributed by atoms with Crippen molar-refractivity contribution in [3.05, 3.63) is 56.3 Å². The highest BCUT2D eigenvalue weighted by Crippen LogP contribution is 2.42. The van der Waals surface area contributed by atoms with E-state index in [-0.39, 0.29) is 0 Å². The van der Waals surface area contributed by atoms with Crippen LogP contribution in [0.1, 0.15) is 9.67 Å². The molecule has 1 nitrogen and oxygen atoms in total. The molecular weight excluding hydrogens is 475 g/mol. The van der Waals surface area contributed by atoms with Crippen molar-refractivity contribution in [3.8, 4) is 29.3 Å². The summed E-state index contributed by atoms with van der Waals surface area (Å²) in [5.41, 5.74) is 0. The normalized spacial score (nSPS) is 11.0. The van der Waals surface area contributed by atoms with Crippen molar-refractivity contribution in [3.63, 3.8) is 0 Å². The molecular formula is C17H9IOS4. The van der Waals surface area contributed by atoms with Crippen molar-refractivity contribution in [2.45, 2.75) is 0 Å². The Morgan fingerprint density at radius 2 is 1.04 bits per heavy atom. The first-order valence-electron chi connectivity index (χ1n) is 6.74. The Morgan fingerprint density at radius 1 is 0.609 bits per heavy atom. The van der Waals surface area contributed by atoms with Crippen LogP contribution in [0, 0.1) is 2.88 Å². The van der Waals surface area contributed by atoms with E-state index in [9.17, 15) is 4.79 Å². The Kier molecular flexibility index (Phi) is 4.51. The highest BCUT2D eigenvalue weighted by Gasteiger charge is 2.11. The summed E-state index contributed by atoms with van der Waals surface area (Å²) in [4.78, 5) is 19.2. The number of rotatable bonds is 4. The van der Waals surface area contributed by atoms with Crippen LogP contribution in [0.3, 0.4) is 0 Å². The van der Waals surface area contributed by atoms with Gasteiger partial charge in [0.05, 0.1) is 7.76 Å². The Morgan fingerprint density at radius 3 is 1.48 bits per heavy atom. The predicted octanol–water partition coefficient (Wildman–Crippen LogP) is 7.35. The third-order valence-corrected chi connectivity index (χ3v) is 8.92. The summed E-state index contributed by atoms with van der Waals surface area (Å²) in [6.07, 6.45) is 0.913. The van der Waals surface area contributed by atoms with Gasteiger partial charge in [0, 0.05) is 29.3 Å². The average molecular weight is 484 g/mol. The zero-order valence-corrected chi connectivity index (χ0v) is 17.0. The van der Waals surface area contributed by atoms with Crippen LogP contribution >= 0.6 is 67.9 Å². The summed E-state index contributed by atoms with van der Waals surface area (Å²) in [5.74, 6) is 0. The fraction of sp³-hybridized carbons (Fsp3) is 0. The van der Waals surface area contributed by atoms with Crippen LogP contribution in [-0.4, -0.2) is 6.29 Å². The van der Waals surface area contributed by atoms with Gasteiger partial charge in [0.1, 0.15) is 0 Å². The number of thiophene rings is 4. The molecule has 0 saturated carbocycles. The van der Waals surface area contributed by atoms with Crippen molar-refractivity contribution in [2.75, 3.05) is 0 Å². The summed E-state index contributed by atoms with van der Waals surface area (Å²) >= 11 is 9.35. The lowest BCUT2D eigenvalue weighted by Gasteiger charge is -1.91. The summed E-state index contributed by atoms with van der Waals surface area (Å²) in [6.45, 7) is 0. The molecule has 4 aromatic heterocycles. The van der Waals surface area contributed by atoms with Crippen LogP contribution in [0.5, 0.6) is 0 Å². The van der Waals surface area contributed by atoms with E-state index in [1.54, 1.807) is 22.7 Å². The van der Waals surface area contributed by atoms with Crippen molar-refractivity contribution >= 4 is 74.2 Å². The van der Waals surface area contributed by atoms with Crippen LogP contribution in [0.15, 0.2) is 48.5 Å². The predicted molar refractivity (Wildman–Crippen MR) is 112 cm³/mol. The van der Waals surface area contributed by atoms with Crippen LogP contribution < -0.4 is 0 Å². The van der Waals surface area contributed by atoms with E-state index in [1.807, 2.05) is 34.8 Å². The van der Waals surface area contributed by atoms with Gasteiger partial charge in [-0.05, 0) is 71.1 Å². The third kappa shape index (κ3) is 3.23. The summed E-state index contributed by atoms with van der Waals surface area (Å²) in [5, 5.41) is 0. The molecule has 4 rings (SSSR count). The molecule has 0 aliphatic carbocycles. The maximum atomic E-state index is 10.8. The summed E-state index contributed by atoms with van der Waals surface area (Å²) in [7, 11) is 0. The van der Waals surface area contributed by atoms with Crippen LogP contribution in [0.25, 0.3) is 29.3 Å². The quantitative estimate of drug-likeness (QED) is 0.219. The maximum Gasteiger partial charge on any atom is 0.160 e. The third-order valence-electron chi connectivity index (χ3n) is 3.26. The first-order chi connectivity index (χ1) is 11.2. The van der Waals surface area contributed by atoms with Crippen molar-refractivity contribution < 1.29 is 4.79 Å². The molecule has 0 aromatic carbocycles. The van der Waals surface area contributed by atoms with E-state index < -0.39 is 0 Å². The van der Waals surface area contributed by atoms with Crippen LogP contribution in [0.4, 0.5) is 0 Å². The van der Waals surface area contributed by atoms with E-state index in [1.165, 1.54) is 27.3 Å². The van der Waals surface area contributed by atoms with Gasteiger partial charge in [-0.1, -0.05) is 0 Å². The van der Waals surface area contributed by atoms with E-state index in [0.29, 0.717) is 0 Å². The molecule has 4 heterocycles. The number of aldehydes is 1. The second-order valence-electron chi connectivity index (χ2n) is 4.75. The number of hydrogen-bond donors (Lipinski definition) is 0. The van der Waals surface area contributed by atoms with Crippen molar-refractivity contribution in [1.29, 1.82) is 0 Å². The van der Waals surface area contributed by atoms with Gasteiger partial charge in [-0.2, -0.15) is 0 Å². The highest BCUT2D eigenvalue weighted by molar-refractivity contribution is 14.1. The minimum Gasteiger partial charge on any atom is -0.297 e. The van der Waals surface area contributed by atoms with Crippen molar-refractivity contribution in [1.82, 2.24) is 0 Å². The second kappa shape index (κ2) is 6.60.